The van der Waals surface area contributed by atoms with Crippen LogP contribution in [0.15, 0.2) is 24.3 Å². The van der Waals surface area contributed by atoms with Gasteiger partial charge in [0.15, 0.2) is 0 Å². The summed E-state index contributed by atoms with van der Waals surface area (Å²) in [5, 5.41) is 13.8. The molecule has 0 spiro atoms. The van der Waals surface area contributed by atoms with E-state index >= 15 is 0 Å². The smallest absolute Gasteiger partial charge is 0.0650 e. The third kappa shape index (κ3) is 2.79. The van der Waals surface area contributed by atoms with Crippen LogP contribution in [0.4, 0.5) is 5.69 Å². The third-order valence-corrected chi connectivity index (χ3v) is 3.84. The van der Waals surface area contributed by atoms with E-state index in [-0.39, 0.29) is 18.2 Å². The number of nitrogens with one attached hydrogen (secondary N) is 1. The number of hydrogen-bond donors (Lipinski definition) is 2. The van der Waals surface area contributed by atoms with E-state index in [4.69, 9.17) is 11.6 Å². The van der Waals surface area contributed by atoms with Gasteiger partial charge in [0, 0.05) is 22.8 Å². The summed E-state index contributed by atoms with van der Waals surface area (Å²) in [5.41, 5.74) is 1.08. The molecule has 18 heavy (non-hydrogen) atoms. The van der Waals surface area contributed by atoms with E-state index in [9.17, 15) is 5.11 Å². The van der Waals surface area contributed by atoms with E-state index in [1.165, 1.54) is 0 Å². The molecule has 1 aromatic rings. The van der Waals surface area contributed by atoms with Crippen molar-refractivity contribution in [1.29, 1.82) is 0 Å². The molecule has 1 unspecified atom stereocenters. The molecule has 3 nitrogen and oxygen atoms in total. The van der Waals surface area contributed by atoms with Crippen molar-refractivity contribution in [1.82, 2.24) is 5.32 Å². The molecule has 0 bridgehead atoms. The van der Waals surface area contributed by atoms with Gasteiger partial charge in [0.25, 0.3) is 0 Å². The van der Waals surface area contributed by atoms with Gasteiger partial charge in [-0.25, -0.2) is 0 Å². The minimum atomic E-state index is 0.00157. The van der Waals surface area contributed by atoms with Gasteiger partial charge >= 0.3 is 0 Å². The summed E-state index contributed by atoms with van der Waals surface area (Å²) in [6.45, 7) is 6.34. The lowest BCUT2D eigenvalue weighted by molar-refractivity contribution is 0.245. The Morgan fingerprint density at radius 1 is 1.50 bits per heavy atom. The number of halogens is 1. The van der Waals surface area contributed by atoms with Crippen molar-refractivity contribution in [2.24, 2.45) is 0 Å². The Morgan fingerprint density at radius 3 is 2.94 bits per heavy atom. The quantitative estimate of drug-likeness (QED) is 0.864. The monoisotopic (exact) mass is 268 g/mol. The molecule has 0 aromatic heterocycles. The molecule has 0 amide bonds. The Balaban J connectivity index is 2.40. The molecule has 1 saturated heterocycles. The van der Waals surface area contributed by atoms with Crippen molar-refractivity contribution in [3.63, 3.8) is 0 Å². The van der Waals surface area contributed by atoms with Crippen molar-refractivity contribution in [3.05, 3.63) is 29.3 Å². The first-order valence-electron chi connectivity index (χ1n) is 6.41. The molecule has 0 saturated carbocycles. The number of rotatable bonds is 2. The summed E-state index contributed by atoms with van der Waals surface area (Å²) in [7, 11) is 0. The Labute approximate surface area is 114 Å². The molecule has 1 aliphatic heterocycles. The Morgan fingerprint density at radius 2 is 2.28 bits per heavy atom. The SMILES string of the molecule is CC1(C)CCNCC(CO)N1c1cccc(Cl)c1. The molecular formula is C14H21ClN2O. The van der Waals surface area contributed by atoms with E-state index in [1.54, 1.807) is 0 Å². The Bertz CT molecular complexity index is 409. The average Bonchev–Trinajstić information content (AvgIpc) is 2.47. The molecule has 1 aliphatic rings. The second-order valence-electron chi connectivity index (χ2n) is 5.45. The zero-order valence-corrected chi connectivity index (χ0v) is 11.7. The molecule has 2 rings (SSSR count). The van der Waals surface area contributed by atoms with Crippen molar-refractivity contribution in [2.45, 2.75) is 31.8 Å². The predicted molar refractivity (Wildman–Crippen MR) is 76.4 cm³/mol. The second kappa shape index (κ2) is 5.47. The largest absolute Gasteiger partial charge is 0.394 e. The van der Waals surface area contributed by atoms with Crippen LogP contribution in [0, 0.1) is 0 Å². The maximum absolute atomic E-state index is 9.63. The van der Waals surface area contributed by atoms with Crippen LogP contribution in [-0.4, -0.2) is 36.4 Å². The van der Waals surface area contributed by atoms with Crippen LogP contribution in [-0.2, 0) is 0 Å². The highest BCUT2D eigenvalue weighted by atomic mass is 35.5. The van der Waals surface area contributed by atoms with Gasteiger partial charge in [-0.05, 0) is 45.0 Å². The normalized spacial score (nSPS) is 23.8. The minimum Gasteiger partial charge on any atom is -0.394 e. The van der Waals surface area contributed by atoms with Crippen LogP contribution in [0.3, 0.4) is 0 Å². The number of nitrogens with zero attached hydrogens (tertiary/aromatic N) is 1. The van der Waals surface area contributed by atoms with Crippen LogP contribution in [0.5, 0.6) is 0 Å². The van der Waals surface area contributed by atoms with Gasteiger partial charge in [0.2, 0.25) is 0 Å². The van der Waals surface area contributed by atoms with Gasteiger partial charge in [-0.2, -0.15) is 0 Å². The first kappa shape index (κ1) is 13.7. The van der Waals surface area contributed by atoms with E-state index in [2.05, 4.69) is 30.1 Å². The van der Waals surface area contributed by atoms with Gasteiger partial charge in [-0.15, -0.1) is 0 Å². The number of anilines is 1. The fourth-order valence-corrected chi connectivity index (χ4v) is 2.89. The molecule has 1 aromatic carbocycles. The van der Waals surface area contributed by atoms with Gasteiger partial charge in [-0.3, -0.25) is 0 Å². The second-order valence-corrected chi connectivity index (χ2v) is 5.89. The number of aliphatic hydroxyl groups is 1. The topological polar surface area (TPSA) is 35.5 Å². The van der Waals surface area contributed by atoms with Crippen molar-refractivity contribution >= 4 is 17.3 Å². The van der Waals surface area contributed by atoms with Crippen LogP contribution < -0.4 is 10.2 Å². The van der Waals surface area contributed by atoms with Crippen molar-refractivity contribution in [3.8, 4) is 0 Å². The van der Waals surface area contributed by atoms with Crippen molar-refractivity contribution in [2.75, 3.05) is 24.6 Å². The Kier molecular flexibility index (Phi) is 4.15. The molecular weight excluding hydrogens is 248 g/mol. The predicted octanol–water partition coefficient (Wildman–Crippen LogP) is 2.28. The van der Waals surface area contributed by atoms with E-state index in [0.717, 1.165) is 30.2 Å². The summed E-state index contributed by atoms with van der Waals surface area (Å²) in [6.07, 6.45) is 1.04. The lowest BCUT2D eigenvalue weighted by Gasteiger charge is -2.43. The fourth-order valence-electron chi connectivity index (χ4n) is 2.70. The summed E-state index contributed by atoms with van der Waals surface area (Å²) >= 11 is 6.08. The molecule has 4 heteroatoms. The molecule has 0 radical (unpaired) electrons. The minimum absolute atomic E-state index is 0.00157. The molecule has 1 atom stereocenters. The fraction of sp³-hybridized carbons (Fsp3) is 0.571. The molecule has 0 aliphatic carbocycles. The van der Waals surface area contributed by atoms with Gasteiger partial charge < -0.3 is 15.3 Å². The zero-order valence-electron chi connectivity index (χ0n) is 11.0. The highest BCUT2D eigenvalue weighted by Crippen LogP contribution is 2.31. The first-order valence-corrected chi connectivity index (χ1v) is 6.79. The summed E-state index contributed by atoms with van der Waals surface area (Å²) in [5.74, 6) is 0. The summed E-state index contributed by atoms with van der Waals surface area (Å²) in [6, 6.07) is 7.95. The van der Waals surface area contributed by atoms with Gasteiger partial charge in [0.05, 0.1) is 12.6 Å². The maximum atomic E-state index is 9.63. The van der Waals surface area contributed by atoms with Gasteiger partial charge in [-0.1, -0.05) is 17.7 Å². The zero-order chi connectivity index (χ0) is 13.2. The molecule has 2 N–H and O–H groups in total. The Hall–Kier alpha value is -0.770. The van der Waals surface area contributed by atoms with Crippen LogP contribution in [0.2, 0.25) is 5.02 Å². The third-order valence-electron chi connectivity index (χ3n) is 3.61. The number of benzene rings is 1. The highest BCUT2D eigenvalue weighted by molar-refractivity contribution is 6.30. The van der Waals surface area contributed by atoms with E-state index in [1.807, 2.05) is 18.2 Å². The van der Waals surface area contributed by atoms with E-state index in [0.29, 0.717) is 0 Å². The standard InChI is InChI=1S/C14H21ClN2O/c1-14(2)6-7-16-9-13(10-18)17(14)12-5-3-4-11(15)8-12/h3-5,8,13,16,18H,6-7,9-10H2,1-2H3. The summed E-state index contributed by atoms with van der Waals surface area (Å²) < 4.78 is 0. The lowest BCUT2D eigenvalue weighted by atomic mass is 9.96. The van der Waals surface area contributed by atoms with Crippen LogP contribution in [0.25, 0.3) is 0 Å². The number of hydrogen-bond acceptors (Lipinski definition) is 3. The molecule has 1 heterocycles. The van der Waals surface area contributed by atoms with Gasteiger partial charge in [0.1, 0.15) is 0 Å². The lowest BCUT2D eigenvalue weighted by Crippen LogP contribution is -2.52. The first-order chi connectivity index (χ1) is 8.54. The summed E-state index contributed by atoms with van der Waals surface area (Å²) in [4.78, 5) is 2.29. The number of aliphatic hydroxyl groups excluding tert-OH is 1. The van der Waals surface area contributed by atoms with E-state index < -0.39 is 0 Å². The highest BCUT2D eigenvalue weighted by Gasteiger charge is 2.34. The average molecular weight is 269 g/mol. The molecule has 100 valence electrons. The van der Waals surface area contributed by atoms with Crippen LogP contribution in [0.1, 0.15) is 20.3 Å². The van der Waals surface area contributed by atoms with Crippen LogP contribution >= 0.6 is 11.6 Å². The molecule has 1 fully saturated rings. The maximum Gasteiger partial charge on any atom is 0.0650 e. The van der Waals surface area contributed by atoms with Crippen molar-refractivity contribution < 1.29 is 5.11 Å².